The van der Waals surface area contributed by atoms with Crippen LogP contribution in [0.25, 0.3) is 0 Å². The van der Waals surface area contributed by atoms with Crippen molar-refractivity contribution in [3.8, 4) is 5.75 Å². The van der Waals surface area contributed by atoms with Crippen LogP contribution in [-0.2, 0) is 6.18 Å². The molecule has 22 heavy (non-hydrogen) atoms. The normalized spacial score (nSPS) is 11.2. The Balaban J connectivity index is 2.15. The van der Waals surface area contributed by atoms with Crippen molar-refractivity contribution in [3.63, 3.8) is 0 Å². The van der Waals surface area contributed by atoms with Crippen LogP contribution in [-0.4, -0.2) is 16.7 Å². The molecule has 0 spiro atoms. The number of benzene rings is 2. The van der Waals surface area contributed by atoms with E-state index in [9.17, 15) is 22.8 Å². The van der Waals surface area contributed by atoms with E-state index in [0.29, 0.717) is 0 Å². The third-order valence-electron chi connectivity index (χ3n) is 3.02. The average molecular weight is 308 g/mol. The van der Waals surface area contributed by atoms with Gasteiger partial charge >= 0.3 is 6.18 Å². The molecule has 3 nitrogen and oxygen atoms in total. The van der Waals surface area contributed by atoms with E-state index < -0.39 is 29.7 Å². The minimum atomic E-state index is -4.54. The van der Waals surface area contributed by atoms with Crippen LogP contribution in [0.3, 0.4) is 0 Å². The smallest absolute Gasteiger partial charge is 0.416 e. The molecule has 0 saturated heterocycles. The zero-order chi connectivity index (χ0) is 16.3. The van der Waals surface area contributed by atoms with Gasteiger partial charge in [0.25, 0.3) is 0 Å². The highest BCUT2D eigenvalue weighted by atomic mass is 19.4. The number of ketones is 2. The molecular formula is C16H11F3O3. The number of Topliss-reactive ketones (excluding diaryl/α,β-unsaturated/α-hetero) is 2. The molecule has 2 aromatic carbocycles. The second-order valence-corrected chi connectivity index (χ2v) is 4.65. The maximum atomic E-state index is 12.6. The number of phenolic OH excluding ortho intramolecular Hbond substituents is 1. The summed E-state index contributed by atoms with van der Waals surface area (Å²) in [7, 11) is 0. The highest BCUT2D eigenvalue weighted by molar-refractivity contribution is 6.13. The van der Waals surface area contributed by atoms with Crippen LogP contribution in [0.2, 0.25) is 0 Å². The summed E-state index contributed by atoms with van der Waals surface area (Å²) >= 11 is 0. The summed E-state index contributed by atoms with van der Waals surface area (Å²) in [6.07, 6.45) is -5.08. The minimum absolute atomic E-state index is 0.0271. The number of rotatable bonds is 4. The van der Waals surface area contributed by atoms with Crippen LogP contribution in [0.15, 0.2) is 48.5 Å². The van der Waals surface area contributed by atoms with Gasteiger partial charge in [-0.25, -0.2) is 0 Å². The molecule has 0 bridgehead atoms. The first-order valence-electron chi connectivity index (χ1n) is 6.30. The maximum Gasteiger partial charge on any atom is 0.416 e. The lowest BCUT2D eigenvalue weighted by Crippen LogP contribution is -2.11. The van der Waals surface area contributed by atoms with Crippen molar-refractivity contribution in [1.82, 2.24) is 0 Å². The van der Waals surface area contributed by atoms with Crippen molar-refractivity contribution < 1.29 is 27.9 Å². The monoisotopic (exact) mass is 308 g/mol. The molecule has 0 saturated carbocycles. The number of carbonyl (C=O) groups excluding carboxylic acids is 2. The van der Waals surface area contributed by atoms with Crippen molar-refractivity contribution in [3.05, 3.63) is 65.2 Å². The van der Waals surface area contributed by atoms with E-state index >= 15 is 0 Å². The predicted molar refractivity (Wildman–Crippen MR) is 72.8 cm³/mol. The number of alkyl halides is 3. The van der Waals surface area contributed by atoms with Crippen LogP contribution >= 0.6 is 0 Å². The third-order valence-corrected chi connectivity index (χ3v) is 3.02. The van der Waals surface area contributed by atoms with Crippen LogP contribution in [0, 0.1) is 0 Å². The Hall–Kier alpha value is -2.63. The summed E-state index contributed by atoms with van der Waals surface area (Å²) < 4.78 is 37.8. The molecule has 0 amide bonds. The number of hydrogen-bond acceptors (Lipinski definition) is 3. The van der Waals surface area contributed by atoms with Gasteiger partial charge in [-0.2, -0.15) is 13.2 Å². The van der Waals surface area contributed by atoms with E-state index in [1.54, 1.807) is 0 Å². The van der Waals surface area contributed by atoms with E-state index in [-0.39, 0.29) is 16.9 Å². The number of carbonyl (C=O) groups is 2. The summed E-state index contributed by atoms with van der Waals surface area (Å²) in [6.45, 7) is 0. The number of halogens is 3. The van der Waals surface area contributed by atoms with Crippen LogP contribution in [0.4, 0.5) is 13.2 Å². The first-order valence-corrected chi connectivity index (χ1v) is 6.30. The molecular weight excluding hydrogens is 297 g/mol. The fraction of sp³-hybridized carbons (Fsp3) is 0.125. The molecule has 0 aliphatic carbocycles. The first kappa shape index (κ1) is 15.8. The quantitative estimate of drug-likeness (QED) is 0.689. The Morgan fingerprint density at radius 3 is 2.09 bits per heavy atom. The van der Waals surface area contributed by atoms with Crippen LogP contribution in [0.5, 0.6) is 5.75 Å². The van der Waals surface area contributed by atoms with E-state index in [1.807, 2.05) is 0 Å². The Morgan fingerprint density at radius 1 is 0.909 bits per heavy atom. The molecule has 2 rings (SSSR count). The SMILES string of the molecule is O=C(CC(=O)c1cccc(C(F)(F)F)c1)c1ccc(O)cc1. The van der Waals surface area contributed by atoms with E-state index in [1.165, 1.54) is 30.3 Å². The Kier molecular flexibility index (Phi) is 4.30. The minimum Gasteiger partial charge on any atom is -0.508 e. The van der Waals surface area contributed by atoms with Gasteiger partial charge in [-0.15, -0.1) is 0 Å². The van der Waals surface area contributed by atoms with Crippen molar-refractivity contribution in [2.24, 2.45) is 0 Å². The fourth-order valence-corrected chi connectivity index (χ4v) is 1.87. The van der Waals surface area contributed by atoms with Gasteiger partial charge in [0.1, 0.15) is 5.75 Å². The van der Waals surface area contributed by atoms with E-state index in [4.69, 9.17) is 5.11 Å². The molecule has 6 heteroatoms. The molecule has 2 aromatic rings. The first-order chi connectivity index (χ1) is 10.3. The lowest BCUT2D eigenvalue weighted by atomic mass is 10.00. The van der Waals surface area contributed by atoms with Crippen molar-refractivity contribution in [1.29, 1.82) is 0 Å². The predicted octanol–water partition coefficient (Wildman–Crippen LogP) is 3.87. The standard InChI is InChI=1S/C16H11F3O3/c17-16(18,19)12-3-1-2-11(8-12)15(22)9-14(21)10-4-6-13(20)7-5-10/h1-8,20H,9H2. The Labute approximate surface area is 124 Å². The van der Waals surface area contributed by atoms with Gasteiger partial charge in [-0.1, -0.05) is 12.1 Å². The van der Waals surface area contributed by atoms with Gasteiger partial charge in [-0.05, 0) is 36.4 Å². The lowest BCUT2D eigenvalue weighted by Gasteiger charge is -2.08. The summed E-state index contributed by atoms with van der Waals surface area (Å²) in [5, 5.41) is 9.12. The second kappa shape index (κ2) is 6.01. The molecule has 114 valence electrons. The van der Waals surface area contributed by atoms with Crippen molar-refractivity contribution in [2.45, 2.75) is 12.6 Å². The summed E-state index contributed by atoms with van der Waals surface area (Å²) in [6, 6.07) is 9.23. The van der Waals surface area contributed by atoms with Crippen molar-refractivity contribution in [2.75, 3.05) is 0 Å². The molecule has 0 atom stereocenters. The number of hydrogen-bond donors (Lipinski definition) is 1. The summed E-state index contributed by atoms with van der Waals surface area (Å²) in [5.74, 6) is -1.24. The molecule has 0 aliphatic rings. The van der Waals surface area contributed by atoms with Gasteiger partial charge in [0, 0.05) is 11.1 Å². The Bertz CT molecular complexity index is 703. The zero-order valence-corrected chi connectivity index (χ0v) is 11.2. The maximum absolute atomic E-state index is 12.6. The van der Waals surface area contributed by atoms with Gasteiger partial charge in [0.15, 0.2) is 11.6 Å². The van der Waals surface area contributed by atoms with Crippen LogP contribution < -0.4 is 0 Å². The van der Waals surface area contributed by atoms with E-state index in [0.717, 1.165) is 18.2 Å². The number of phenols is 1. The summed E-state index contributed by atoms with van der Waals surface area (Å²) in [5.41, 5.74) is -0.893. The van der Waals surface area contributed by atoms with Gasteiger partial charge in [0.2, 0.25) is 0 Å². The van der Waals surface area contributed by atoms with E-state index in [2.05, 4.69) is 0 Å². The molecule has 0 unspecified atom stereocenters. The van der Waals surface area contributed by atoms with Gasteiger partial charge in [-0.3, -0.25) is 9.59 Å². The number of aromatic hydroxyl groups is 1. The Morgan fingerprint density at radius 2 is 1.50 bits per heavy atom. The molecule has 0 fully saturated rings. The lowest BCUT2D eigenvalue weighted by molar-refractivity contribution is -0.137. The van der Waals surface area contributed by atoms with Gasteiger partial charge < -0.3 is 5.11 Å². The fourth-order valence-electron chi connectivity index (χ4n) is 1.87. The molecule has 0 heterocycles. The molecule has 0 aliphatic heterocycles. The van der Waals surface area contributed by atoms with Crippen molar-refractivity contribution >= 4 is 11.6 Å². The zero-order valence-electron chi connectivity index (χ0n) is 11.2. The van der Waals surface area contributed by atoms with Gasteiger partial charge in [0.05, 0.1) is 12.0 Å². The molecule has 1 N–H and O–H groups in total. The topological polar surface area (TPSA) is 54.4 Å². The highest BCUT2D eigenvalue weighted by Gasteiger charge is 2.31. The largest absolute Gasteiger partial charge is 0.508 e. The van der Waals surface area contributed by atoms with Crippen LogP contribution in [0.1, 0.15) is 32.7 Å². The average Bonchev–Trinajstić information content (AvgIpc) is 2.47. The second-order valence-electron chi connectivity index (χ2n) is 4.65. The third kappa shape index (κ3) is 3.72. The highest BCUT2D eigenvalue weighted by Crippen LogP contribution is 2.29. The molecule has 0 aromatic heterocycles. The summed E-state index contributed by atoms with van der Waals surface area (Å²) in [4.78, 5) is 23.8. The molecule has 0 radical (unpaired) electrons.